The van der Waals surface area contributed by atoms with Crippen molar-refractivity contribution in [2.24, 2.45) is 5.41 Å². The molecule has 1 amide bonds. The summed E-state index contributed by atoms with van der Waals surface area (Å²) in [5.74, 6) is 0.0888. The third-order valence-corrected chi connectivity index (χ3v) is 3.57. The molecule has 0 aromatic heterocycles. The number of hydrogen-bond acceptors (Lipinski definition) is 2. The van der Waals surface area contributed by atoms with Crippen LogP contribution < -0.4 is 10.6 Å². The monoisotopic (exact) mass is 268 g/mol. The smallest absolute Gasteiger partial charge is 0.230 e. The maximum absolute atomic E-state index is 12.0. The molecule has 0 saturated carbocycles. The second-order valence-electron chi connectivity index (χ2n) is 5.24. The third-order valence-electron chi connectivity index (χ3n) is 3.57. The van der Waals surface area contributed by atoms with Gasteiger partial charge >= 0.3 is 0 Å². The van der Waals surface area contributed by atoms with Crippen LogP contribution in [0.25, 0.3) is 0 Å². The van der Waals surface area contributed by atoms with Crippen LogP contribution in [0.15, 0.2) is 18.2 Å². The minimum Gasteiger partial charge on any atom is -0.384 e. The maximum atomic E-state index is 12.0. The molecule has 0 unspecified atom stereocenters. The predicted octanol–water partition coefficient (Wildman–Crippen LogP) is 3.45. The zero-order valence-corrected chi connectivity index (χ0v) is 12.0. The van der Waals surface area contributed by atoms with Crippen molar-refractivity contribution >= 4 is 29.7 Å². The lowest BCUT2D eigenvalue weighted by atomic mass is 9.89. The van der Waals surface area contributed by atoms with Gasteiger partial charge < -0.3 is 10.6 Å². The first kappa shape index (κ1) is 14.8. The third kappa shape index (κ3) is 2.96. The second kappa shape index (κ2) is 5.61. The topological polar surface area (TPSA) is 41.1 Å². The van der Waals surface area contributed by atoms with Crippen LogP contribution in [-0.2, 0) is 11.2 Å². The number of amides is 1. The van der Waals surface area contributed by atoms with Gasteiger partial charge in [0.2, 0.25) is 5.91 Å². The van der Waals surface area contributed by atoms with Gasteiger partial charge in [-0.1, -0.05) is 20.8 Å². The van der Waals surface area contributed by atoms with Gasteiger partial charge in [-0.2, -0.15) is 0 Å². The molecule has 0 atom stereocenters. The van der Waals surface area contributed by atoms with Gasteiger partial charge in [0.05, 0.1) is 0 Å². The average Bonchev–Trinajstić information content (AvgIpc) is 2.76. The molecule has 2 N–H and O–H groups in total. The molecule has 0 fully saturated rings. The van der Waals surface area contributed by atoms with Gasteiger partial charge in [0.25, 0.3) is 0 Å². The molecule has 0 bridgehead atoms. The van der Waals surface area contributed by atoms with Crippen LogP contribution in [0.4, 0.5) is 11.4 Å². The van der Waals surface area contributed by atoms with Gasteiger partial charge in [-0.15, -0.1) is 12.4 Å². The highest BCUT2D eigenvalue weighted by molar-refractivity contribution is 5.95. The van der Waals surface area contributed by atoms with E-state index in [2.05, 4.69) is 16.7 Å². The molecule has 18 heavy (non-hydrogen) atoms. The van der Waals surface area contributed by atoms with Gasteiger partial charge in [0, 0.05) is 23.3 Å². The van der Waals surface area contributed by atoms with Crippen LogP contribution in [0.2, 0.25) is 0 Å². The number of anilines is 2. The standard InChI is InChI=1S/C14H20N2O.ClH/c1-4-14(2,3)13(17)16-11-5-6-12-10(9-11)7-8-15-12;/h5-6,9,15H,4,7-8H2,1-3H3,(H,16,17);1H. The van der Waals surface area contributed by atoms with Crippen LogP contribution in [0.5, 0.6) is 0 Å². The first-order chi connectivity index (χ1) is 8.03. The summed E-state index contributed by atoms with van der Waals surface area (Å²) in [6, 6.07) is 6.07. The van der Waals surface area contributed by atoms with E-state index in [-0.39, 0.29) is 23.7 Å². The number of halogens is 1. The summed E-state index contributed by atoms with van der Waals surface area (Å²) in [7, 11) is 0. The van der Waals surface area contributed by atoms with E-state index in [0.717, 1.165) is 25.1 Å². The Hall–Kier alpha value is -1.22. The number of rotatable bonds is 3. The van der Waals surface area contributed by atoms with Crippen molar-refractivity contribution in [3.05, 3.63) is 23.8 Å². The van der Waals surface area contributed by atoms with E-state index in [1.54, 1.807) is 0 Å². The molecule has 0 spiro atoms. The van der Waals surface area contributed by atoms with Gasteiger partial charge in [-0.3, -0.25) is 4.79 Å². The SMILES string of the molecule is CCC(C)(C)C(=O)Nc1ccc2c(c1)CCN2.Cl. The van der Waals surface area contributed by atoms with Crippen molar-refractivity contribution in [1.29, 1.82) is 0 Å². The van der Waals surface area contributed by atoms with Gasteiger partial charge in [0.15, 0.2) is 0 Å². The van der Waals surface area contributed by atoms with Gasteiger partial charge in [-0.25, -0.2) is 0 Å². The van der Waals surface area contributed by atoms with Crippen LogP contribution >= 0.6 is 12.4 Å². The number of nitrogens with one attached hydrogen (secondary N) is 2. The molecule has 1 aromatic carbocycles. The van der Waals surface area contributed by atoms with E-state index in [9.17, 15) is 4.79 Å². The molecule has 0 saturated heterocycles. The van der Waals surface area contributed by atoms with E-state index in [4.69, 9.17) is 0 Å². The molecule has 1 aliphatic heterocycles. The van der Waals surface area contributed by atoms with Crippen molar-refractivity contribution < 1.29 is 4.79 Å². The van der Waals surface area contributed by atoms with E-state index in [1.165, 1.54) is 11.3 Å². The first-order valence-corrected chi connectivity index (χ1v) is 6.21. The van der Waals surface area contributed by atoms with Crippen molar-refractivity contribution in [3.63, 3.8) is 0 Å². The minimum absolute atomic E-state index is 0. The highest BCUT2D eigenvalue weighted by Crippen LogP contribution is 2.27. The molecule has 1 heterocycles. The highest BCUT2D eigenvalue weighted by atomic mass is 35.5. The number of hydrogen-bond donors (Lipinski definition) is 2. The molecular weight excluding hydrogens is 248 g/mol. The molecule has 4 heteroatoms. The Balaban J connectivity index is 0.00000162. The number of benzene rings is 1. The molecule has 3 nitrogen and oxygen atoms in total. The van der Waals surface area contributed by atoms with Crippen molar-refractivity contribution in [1.82, 2.24) is 0 Å². The number of fused-ring (bicyclic) bond motifs is 1. The summed E-state index contributed by atoms with van der Waals surface area (Å²) < 4.78 is 0. The fraction of sp³-hybridized carbons (Fsp3) is 0.500. The lowest BCUT2D eigenvalue weighted by molar-refractivity contribution is -0.124. The number of carbonyl (C=O) groups excluding carboxylic acids is 1. The van der Waals surface area contributed by atoms with E-state index in [1.807, 2.05) is 32.9 Å². The average molecular weight is 269 g/mol. The number of carbonyl (C=O) groups is 1. The lowest BCUT2D eigenvalue weighted by Crippen LogP contribution is -2.29. The minimum atomic E-state index is -0.308. The van der Waals surface area contributed by atoms with Crippen LogP contribution in [0.3, 0.4) is 0 Å². The van der Waals surface area contributed by atoms with E-state index < -0.39 is 0 Å². The normalized spacial score (nSPS) is 13.3. The first-order valence-electron chi connectivity index (χ1n) is 6.21. The molecule has 100 valence electrons. The quantitative estimate of drug-likeness (QED) is 0.882. The largest absolute Gasteiger partial charge is 0.384 e. The summed E-state index contributed by atoms with van der Waals surface area (Å²) in [5.41, 5.74) is 3.07. The molecule has 1 aliphatic rings. The maximum Gasteiger partial charge on any atom is 0.230 e. The zero-order chi connectivity index (χ0) is 12.5. The lowest BCUT2D eigenvalue weighted by Gasteiger charge is -2.21. The van der Waals surface area contributed by atoms with Crippen molar-refractivity contribution in [2.45, 2.75) is 33.6 Å². The van der Waals surface area contributed by atoms with E-state index >= 15 is 0 Å². The highest BCUT2D eigenvalue weighted by Gasteiger charge is 2.25. The zero-order valence-electron chi connectivity index (χ0n) is 11.2. The summed E-state index contributed by atoms with van der Waals surface area (Å²) in [6.45, 7) is 6.97. The molecule has 1 aromatic rings. The summed E-state index contributed by atoms with van der Waals surface area (Å²) in [5, 5.41) is 6.31. The van der Waals surface area contributed by atoms with Crippen LogP contribution in [-0.4, -0.2) is 12.5 Å². The molecule has 0 radical (unpaired) electrons. The summed E-state index contributed by atoms with van der Waals surface area (Å²) >= 11 is 0. The fourth-order valence-electron chi connectivity index (χ4n) is 1.84. The summed E-state index contributed by atoms with van der Waals surface area (Å²) in [6.07, 6.45) is 1.88. The van der Waals surface area contributed by atoms with Crippen molar-refractivity contribution in [2.75, 3.05) is 17.2 Å². The molecular formula is C14H21ClN2O. The molecule has 2 rings (SSSR count). The fourth-order valence-corrected chi connectivity index (χ4v) is 1.84. The molecule has 0 aliphatic carbocycles. The Morgan fingerprint density at radius 3 is 2.83 bits per heavy atom. The van der Waals surface area contributed by atoms with Gasteiger partial charge in [0.1, 0.15) is 0 Å². The van der Waals surface area contributed by atoms with Crippen LogP contribution in [0, 0.1) is 5.41 Å². The Kier molecular flexibility index (Phi) is 4.63. The van der Waals surface area contributed by atoms with Crippen molar-refractivity contribution in [3.8, 4) is 0 Å². The summed E-state index contributed by atoms with van der Waals surface area (Å²) in [4.78, 5) is 12.0. The van der Waals surface area contributed by atoms with Gasteiger partial charge in [-0.05, 0) is 36.6 Å². The Bertz CT molecular complexity index is 443. The predicted molar refractivity (Wildman–Crippen MR) is 78.6 cm³/mol. The van der Waals surface area contributed by atoms with E-state index in [0.29, 0.717) is 0 Å². The van der Waals surface area contributed by atoms with Crippen LogP contribution in [0.1, 0.15) is 32.8 Å². The Morgan fingerprint density at radius 2 is 2.17 bits per heavy atom. The Labute approximate surface area is 115 Å². The second-order valence-corrected chi connectivity index (χ2v) is 5.24. The Morgan fingerprint density at radius 1 is 1.44 bits per heavy atom.